The fourth-order valence-electron chi connectivity index (χ4n) is 2.60. The summed E-state index contributed by atoms with van der Waals surface area (Å²) in [5, 5.41) is 5.10. The van der Waals surface area contributed by atoms with E-state index in [-0.39, 0.29) is 0 Å². The highest BCUT2D eigenvalue weighted by Crippen LogP contribution is 2.27. The van der Waals surface area contributed by atoms with Gasteiger partial charge in [-0.05, 0) is 24.8 Å². The number of piperidine rings is 1. The molecule has 1 N–H and O–H groups in total. The first-order chi connectivity index (χ1) is 9.93. The van der Waals surface area contributed by atoms with Crippen LogP contribution in [0.15, 0.2) is 16.3 Å². The Kier molecular flexibility index (Phi) is 5.82. The second kappa shape index (κ2) is 7.22. The van der Waals surface area contributed by atoms with Crippen molar-refractivity contribution in [2.75, 3.05) is 13.1 Å². The largest absolute Gasteiger partial charge is 0.310 e. The molecule has 4 nitrogen and oxygen atoms in total. The van der Waals surface area contributed by atoms with Gasteiger partial charge in [0.25, 0.3) is 0 Å². The van der Waals surface area contributed by atoms with Crippen LogP contribution < -0.4 is 5.32 Å². The Hall–Kier alpha value is -0.430. The molecular weight excluding hydrogens is 304 g/mol. The van der Waals surface area contributed by atoms with Crippen LogP contribution in [0.25, 0.3) is 0 Å². The Morgan fingerprint density at radius 1 is 1.38 bits per heavy atom. The van der Waals surface area contributed by atoms with Gasteiger partial charge in [-0.1, -0.05) is 27.2 Å². The van der Waals surface area contributed by atoms with Gasteiger partial charge in [0.2, 0.25) is 10.0 Å². The molecule has 1 aliphatic rings. The standard InChI is InChI=1S/C15H26N2O2S2/c1-4-13-5-7-17(8-6-13)21(18,19)15-9-14(20-11-15)10-16-12(2)3/h9,11-13,16H,4-8,10H2,1-3H3. The lowest BCUT2D eigenvalue weighted by Crippen LogP contribution is -2.38. The summed E-state index contributed by atoms with van der Waals surface area (Å²) in [6.45, 7) is 8.41. The summed E-state index contributed by atoms with van der Waals surface area (Å²) < 4.78 is 26.9. The average Bonchev–Trinajstić information content (AvgIpc) is 2.95. The maximum Gasteiger partial charge on any atom is 0.243 e. The lowest BCUT2D eigenvalue weighted by molar-refractivity contribution is 0.269. The molecule has 2 heterocycles. The van der Waals surface area contributed by atoms with Gasteiger partial charge >= 0.3 is 0 Å². The quantitative estimate of drug-likeness (QED) is 0.872. The van der Waals surface area contributed by atoms with Crippen molar-refractivity contribution < 1.29 is 8.42 Å². The van der Waals surface area contributed by atoms with Crippen LogP contribution in [-0.4, -0.2) is 31.9 Å². The van der Waals surface area contributed by atoms with Crippen LogP contribution in [0.2, 0.25) is 0 Å². The molecule has 1 fully saturated rings. The number of hydrogen-bond acceptors (Lipinski definition) is 4. The van der Waals surface area contributed by atoms with E-state index in [1.165, 1.54) is 11.3 Å². The van der Waals surface area contributed by atoms with Crippen LogP contribution in [0.4, 0.5) is 0 Å². The molecule has 0 radical (unpaired) electrons. The average molecular weight is 331 g/mol. The van der Waals surface area contributed by atoms with E-state index >= 15 is 0 Å². The predicted molar refractivity (Wildman–Crippen MR) is 88.1 cm³/mol. The van der Waals surface area contributed by atoms with Crippen molar-refractivity contribution in [1.29, 1.82) is 0 Å². The highest BCUT2D eigenvalue weighted by atomic mass is 32.2. The van der Waals surface area contributed by atoms with E-state index in [0.29, 0.717) is 29.9 Å². The van der Waals surface area contributed by atoms with Crippen molar-refractivity contribution >= 4 is 21.4 Å². The van der Waals surface area contributed by atoms with Gasteiger partial charge in [-0.15, -0.1) is 11.3 Å². The fourth-order valence-corrected chi connectivity index (χ4v) is 5.28. The molecule has 0 amide bonds. The maximum absolute atomic E-state index is 12.6. The van der Waals surface area contributed by atoms with E-state index in [9.17, 15) is 8.42 Å². The van der Waals surface area contributed by atoms with Crippen LogP contribution in [0.3, 0.4) is 0 Å². The predicted octanol–water partition coefficient (Wildman–Crippen LogP) is 3.06. The van der Waals surface area contributed by atoms with E-state index in [1.807, 2.05) is 6.07 Å². The molecule has 2 rings (SSSR count). The van der Waals surface area contributed by atoms with Gasteiger partial charge in [0, 0.05) is 35.9 Å². The maximum atomic E-state index is 12.6. The third-order valence-electron chi connectivity index (χ3n) is 4.10. The molecule has 1 saturated heterocycles. The molecule has 0 spiro atoms. The molecule has 1 aliphatic heterocycles. The van der Waals surface area contributed by atoms with Crippen LogP contribution >= 0.6 is 11.3 Å². The minimum atomic E-state index is -3.30. The number of sulfonamides is 1. The lowest BCUT2D eigenvalue weighted by Gasteiger charge is -2.30. The zero-order valence-corrected chi connectivity index (χ0v) is 14.8. The molecule has 21 heavy (non-hydrogen) atoms. The molecule has 0 bridgehead atoms. The second-order valence-corrected chi connectivity index (χ2v) is 8.97. The molecule has 0 saturated carbocycles. The zero-order valence-electron chi connectivity index (χ0n) is 13.1. The number of thiophene rings is 1. The molecule has 0 aromatic carbocycles. The van der Waals surface area contributed by atoms with Crippen molar-refractivity contribution in [3.63, 3.8) is 0 Å². The van der Waals surface area contributed by atoms with E-state index in [0.717, 1.165) is 30.7 Å². The van der Waals surface area contributed by atoms with Gasteiger partial charge in [-0.25, -0.2) is 8.42 Å². The summed E-state index contributed by atoms with van der Waals surface area (Å²) in [6, 6.07) is 2.22. The minimum absolute atomic E-state index is 0.403. The summed E-state index contributed by atoms with van der Waals surface area (Å²) in [5.74, 6) is 0.685. The third kappa shape index (κ3) is 4.28. The number of hydrogen-bond donors (Lipinski definition) is 1. The number of rotatable bonds is 6. The molecule has 120 valence electrons. The lowest BCUT2D eigenvalue weighted by atomic mass is 9.96. The van der Waals surface area contributed by atoms with Crippen molar-refractivity contribution in [3.8, 4) is 0 Å². The smallest absolute Gasteiger partial charge is 0.243 e. The molecular formula is C15H26N2O2S2. The molecule has 1 aromatic rings. The minimum Gasteiger partial charge on any atom is -0.310 e. The van der Waals surface area contributed by atoms with Gasteiger partial charge < -0.3 is 5.32 Å². The van der Waals surface area contributed by atoms with Gasteiger partial charge in [-0.3, -0.25) is 0 Å². The molecule has 6 heteroatoms. The van der Waals surface area contributed by atoms with Crippen LogP contribution in [0.5, 0.6) is 0 Å². The summed E-state index contributed by atoms with van der Waals surface area (Å²) in [7, 11) is -3.30. The topological polar surface area (TPSA) is 49.4 Å². The molecule has 0 atom stereocenters. The van der Waals surface area contributed by atoms with Gasteiger partial charge in [0.15, 0.2) is 0 Å². The monoisotopic (exact) mass is 330 g/mol. The van der Waals surface area contributed by atoms with Crippen molar-refractivity contribution in [2.24, 2.45) is 5.92 Å². The summed E-state index contributed by atoms with van der Waals surface area (Å²) in [4.78, 5) is 1.54. The van der Waals surface area contributed by atoms with Gasteiger partial charge in [0.1, 0.15) is 0 Å². The molecule has 0 unspecified atom stereocenters. The summed E-state index contributed by atoms with van der Waals surface area (Å²) in [5.41, 5.74) is 0. The first kappa shape index (κ1) is 16.9. The van der Waals surface area contributed by atoms with Crippen molar-refractivity contribution in [3.05, 3.63) is 16.3 Å². The van der Waals surface area contributed by atoms with Gasteiger partial charge in [-0.2, -0.15) is 4.31 Å². The number of nitrogens with one attached hydrogen (secondary N) is 1. The van der Waals surface area contributed by atoms with E-state index in [4.69, 9.17) is 0 Å². The van der Waals surface area contributed by atoms with Gasteiger partial charge in [0.05, 0.1) is 4.90 Å². The highest BCUT2D eigenvalue weighted by Gasteiger charge is 2.29. The van der Waals surface area contributed by atoms with E-state index in [2.05, 4.69) is 26.1 Å². The fraction of sp³-hybridized carbons (Fsp3) is 0.733. The Bertz CT molecular complexity index is 544. The first-order valence-electron chi connectivity index (χ1n) is 7.74. The summed E-state index contributed by atoms with van der Waals surface area (Å²) >= 11 is 1.52. The third-order valence-corrected chi connectivity index (χ3v) is 7.07. The Balaban J connectivity index is 2.03. The first-order valence-corrected chi connectivity index (χ1v) is 10.1. The van der Waals surface area contributed by atoms with Crippen LogP contribution in [-0.2, 0) is 16.6 Å². The van der Waals surface area contributed by atoms with Crippen molar-refractivity contribution in [1.82, 2.24) is 9.62 Å². The zero-order chi connectivity index (χ0) is 15.5. The highest BCUT2D eigenvalue weighted by molar-refractivity contribution is 7.89. The Morgan fingerprint density at radius 3 is 2.62 bits per heavy atom. The van der Waals surface area contributed by atoms with E-state index < -0.39 is 10.0 Å². The Morgan fingerprint density at radius 2 is 2.05 bits per heavy atom. The van der Waals surface area contributed by atoms with E-state index in [1.54, 1.807) is 9.69 Å². The second-order valence-electron chi connectivity index (χ2n) is 6.04. The summed E-state index contributed by atoms with van der Waals surface area (Å²) in [6.07, 6.45) is 3.13. The normalized spacial score (nSPS) is 18.5. The Labute approximate surface area is 132 Å². The van der Waals surface area contributed by atoms with Crippen LogP contribution in [0.1, 0.15) is 44.9 Å². The SMILES string of the molecule is CCC1CCN(S(=O)(=O)c2csc(CNC(C)C)c2)CC1. The van der Waals surface area contributed by atoms with Crippen molar-refractivity contribution in [2.45, 2.75) is 57.5 Å². The molecule has 0 aliphatic carbocycles. The molecule has 1 aromatic heterocycles. The number of nitrogens with zero attached hydrogens (tertiary/aromatic N) is 1. The van der Waals surface area contributed by atoms with Crippen LogP contribution in [0, 0.1) is 5.92 Å².